The van der Waals surface area contributed by atoms with E-state index < -0.39 is 6.36 Å². The Kier molecular flexibility index (Phi) is 4.62. The van der Waals surface area contributed by atoms with Crippen molar-refractivity contribution in [1.82, 2.24) is 4.98 Å². The summed E-state index contributed by atoms with van der Waals surface area (Å²) in [5.41, 5.74) is 6.69. The zero-order valence-corrected chi connectivity index (χ0v) is 13.4. The molecule has 2 rings (SSSR count). The van der Waals surface area contributed by atoms with Gasteiger partial charge in [0.15, 0.2) is 5.82 Å². The number of aromatic nitrogens is 1. The van der Waals surface area contributed by atoms with Crippen LogP contribution >= 0.6 is 31.9 Å². The highest BCUT2D eigenvalue weighted by atomic mass is 79.9. The number of nitrogens with two attached hydrogens (primary N) is 1. The van der Waals surface area contributed by atoms with E-state index in [0.29, 0.717) is 17.2 Å². The number of alkyl halides is 3. The lowest BCUT2D eigenvalue weighted by Crippen LogP contribution is -2.17. The lowest BCUT2D eigenvalue weighted by Gasteiger charge is -2.13. The normalized spacial score (nSPS) is 11.3. The van der Waals surface area contributed by atoms with Gasteiger partial charge >= 0.3 is 6.36 Å². The zero-order valence-electron chi connectivity index (χ0n) is 10.2. The molecule has 0 bridgehead atoms. The molecule has 1 aromatic carbocycles. The van der Waals surface area contributed by atoms with Gasteiger partial charge in [-0.2, -0.15) is 0 Å². The Hall–Kier alpha value is -1.48. The van der Waals surface area contributed by atoms with Crippen LogP contribution in [0.1, 0.15) is 0 Å². The molecule has 1 heterocycles. The molecule has 0 radical (unpaired) electrons. The SMILES string of the molecule is Nc1cc(Br)cnc1Nc1ccc(OC(F)(F)F)c(Br)c1. The number of nitrogens with one attached hydrogen (secondary N) is 1. The van der Waals surface area contributed by atoms with E-state index in [1.165, 1.54) is 18.2 Å². The molecule has 0 aliphatic carbocycles. The molecule has 21 heavy (non-hydrogen) atoms. The van der Waals surface area contributed by atoms with E-state index in [2.05, 4.69) is 46.9 Å². The molecule has 0 saturated heterocycles. The van der Waals surface area contributed by atoms with Gasteiger partial charge in [0.2, 0.25) is 0 Å². The molecule has 4 nitrogen and oxygen atoms in total. The predicted molar refractivity (Wildman–Crippen MR) is 80.5 cm³/mol. The molecule has 112 valence electrons. The van der Waals surface area contributed by atoms with Crippen molar-refractivity contribution < 1.29 is 17.9 Å². The molecule has 0 unspecified atom stereocenters. The maximum atomic E-state index is 12.2. The Bertz CT molecular complexity index is 665. The van der Waals surface area contributed by atoms with E-state index in [9.17, 15) is 13.2 Å². The summed E-state index contributed by atoms with van der Waals surface area (Å²) in [5.74, 6) is 0.0689. The molecule has 0 fully saturated rings. The van der Waals surface area contributed by atoms with Gasteiger partial charge < -0.3 is 15.8 Å². The highest BCUT2D eigenvalue weighted by Crippen LogP contribution is 2.33. The van der Waals surface area contributed by atoms with Gasteiger partial charge in [0.05, 0.1) is 10.2 Å². The van der Waals surface area contributed by atoms with Crippen molar-refractivity contribution in [2.24, 2.45) is 0 Å². The molecule has 0 amide bonds. The number of rotatable bonds is 3. The summed E-state index contributed by atoms with van der Waals surface area (Å²) in [7, 11) is 0. The highest BCUT2D eigenvalue weighted by Gasteiger charge is 2.31. The number of hydrogen-bond donors (Lipinski definition) is 2. The molecule has 0 saturated carbocycles. The first-order valence-corrected chi connectivity index (χ1v) is 7.06. The van der Waals surface area contributed by atoms with Crippen molar-refractivity contribution in [3.63, 3.8) is 0 Å². The van der Waals surface area contributed by atoms with Crippen LogP contribution in [-0.2, 0) is 0 Å². The molecule has 3 N–H and O–H groups in total. The average molecular weight is 427 g/mol. The van der Waals surface area contributed by atoms with Crippen LogP contribution in [0.3, 0.4) is 0 Å². The topological polar surface area (TPSA) is 60.2 Å². The Labute approximate surface area is 134 Å². The fourth-order valence-electron chi connectivity index (χ4n) is 1.48. The van der Waals surface area contributed by atoms with Gasteiger partial charge in [-0.1, -0.05) is 0 Å². The second kappa shape index (κ2) is 6.10. The highest BCUT2D eigenvalue weighted by molar-refractivity contribution is 9.10. The minimum atomic E-state index is -4.74. The first-order chi connectivity index (χ1) is 9.74. The van der Waals surface area contributed by atoms with Crippen LogP contribution in [-0.4, -0.2) is 11.3 Å². The maximum absolute atomic E-state index is 12.2. The van der Waals surface area contributed by atoms with Crippen molar-refractivity contribution in [1.29, 1.82) is 0 Å². The summed E-state index contributed by atoms with van der Waals surface area (Å²) in [6.45, 7) is 0. The van der Waals surface area contributed by atoms with E-state index in [1.807, 2.05) is 0 Å². The largest absolute Gasteiger partial charge is 0.573 e. The Morgan fingerprint density at radius 3 is 2.48 bits per heavy atom. The van der Waals surface area contributed by atoms with Crippen LogP contribution in [0.4, 0.5) is 30.4 Å². The summed E-state index contributed by atoms with van der Waals surface area (Å²) in [5, 5.41) is 2.91. The Morgan fingerprint density at radius 1 is 1.19 bits per heavy atom. The number of nitrogens with zero attached hydrogens (tertiary/aromatic N) is 1. The van der Waals surface area contributed by atoms with Crippen LogP contribution in [0.25, 0.3) is 0 Å². The van der Waals surface area contributed by atoms with Crippen molar-refractivity contribution in [2.45, 2.75) is 6.36 Å². The molecule has 0 aliphatic rings. The Morgan fingerprint density at radius 2 is 1.90 bits per heavy atom. The number of ether oxygens (including phenoxy) is 1. The first kappa shape index (κ1) is 15.9. The molecular formula is C12H8Br2F3N3O. The fourth-order valence-corrected chi connectivity index (χ4v) is 2.29. The van der Waals surface area contributed by atoms with Crippen LogP contribution in [0.15, 0.2) is 39.4 Å². The molecule has 9 heteroatoms. The van der Waals surface area contributed by atoms with Gasteiger partial charge in [-0.25, -0.2) is 4.98 Å². The van der Waals surface area contributed by atoms with Gasteiger partial charge in [0, 0.05) is 16.4 Å². The summed E-state index contributed by atoms with van der Waals surface area (Å²) in [4.78, 5) is 4.08. The fraction of sp³-hybridized carbons (Fsp3) is 0.0833. The smallest absolute Gasteiger partial charge is 0.405 e. The molecule has 2 aromatic rings. The predicted octanol–water partition coefficient (Wildman–Crippen LogP) is 4.83. The summed E-state index contributed by atoms with van der Waals surface area (Å²) in [6, 6.07) is 5.71. The van der Waals surface area contributed by atoms with Gasteiger partial charge in [-0.3, -0.25) is 0 Å². The van der Waals surface area contributed by atoms with Gasteiger partial charge in [-0.05, 0) is 56.1 Å². The third-order valence-corrected chi connectivity index (χ3v) is 3.36. The van der Waals surface area contributed by atoms with Gasteiger partial charge in [-0.15, -0.1) is 13.2 Å². The van der Waals surface area contributed by atoms with E-state index in [4.69, 9.17) is 5.73 Å². The lowest BCUT2D eigenvalue weighted by atomic mass is 10.3. The number of halogens is 5. The first-order valence-electron chi connectivity index (χ1n) is 5.48. The van der Waals surface area contributed by atoms with Gasteiger partial charge in [0.25, 0.3) is 0 Å². The van der Waals surface area contributed by atoms with E-state index in [-0.39, 0.29) is 10.2 Å². The number of benzene rings is 1. The maximum Gasteiger partial charge on any atom is 0.573 e. The summed E-state index contributed by atoms with van der Waals surface area (Å²) >= 11 is 6.25. The number of pyridine rings is 1. The third-order valence-electron chi connectivity index (χ3n) is 2.30. The summed E-state index contributed by atoms with van der Waals surface area (Å²) in [6.07, 6.45) is -3.19. The van der Waals surface area contributed by atoms with Crippen molar-refractivity contribution in [2.75, 3.05) is 11.1 Å². The minimum Gasteiger partial charge on any atom is -0.405 e. The molecular weight excluding hydrogens is 419 g/mol. The van der Waals surface area contributed by atoms with E-state index >= 15 is 0 Å². The number of anilines is 3. The van der Waals surface area contributed by atoms with Crippen LogP contribution < -0.4 is 15.8 Å². The Balaban J connectivity index is 2.20. The number of nitrogen functional groups attached to an aromatic ring is 1. The lowest BCUT2D eigenvalue weighted by molar-refractivity contribution is -0.274. The van der Waals surface area contributed by atoms with Crippen molar-refractivity contribution in [3.8, 4) is 5.75 Å². The quantitative estimate of drug-likeness (QED) is 0.737. The molecule has 1 aromatic heterocycles. The van der Waals surface area contributed by atoms with Crippen molar-refractivity contribution in [3.05, 3.63) is 39.4 Å². The second-order valence-electron chi connectivity index (χ2n) is 3.91. The van der Waals surface area contributed by atoms with Crippen LogP contribution in [0.5, 0.6) is 5.75 Å². The molecule has 0 spiro atoms. The second-order valence-corrected chi connectivity index (χ2v) is 5.68. The summed E-state index contributed by atoms with van der Waals surface area (Å²) < 4.78 is 41.2. The zero-order chi connectivity index (χ0) is 15.6. The van der Waals surface area contributed by atoms with Crippen LogP contribution in [0, 0.1) is 0 Å². The molecule has 0 aliphatic heterocycles. The number of hydrogen-bond acceptors (Lipinski definition) is 4. The standard InChI is InChI=1S/C12H8Br2F3N3O/c13-6-3-9(18)11(19-5-6)20-7-1-2-10(8(14)4-7)21-12(15,16)17/h1-5H,18H2,(H,19,20). The van der Waals surface area contributed by atoms with Gasteiger partial charge in [0.1, 0.15) is 5.75 Å². The third kappa shape index (κ3) is 4.50. The van der Waals surface area contributed by atoms with Crippen LogP contribution in [0.2, 0.25) is 0 Å². The van der Waals surface area contributed by atoms with E-state index in [1.54, 1.807) is 12.3 Å². The monoisotopic (exact) mass is 425 g/mol. The van der Waals surface area contributed by atoms with E-state index in [0.717, 1.165) is 4.47 Å². The minimum absolute atomic E-state index is 0.153. The molecule has 0 atom stereocenters. The van der Waals surface area contributed by atoms with Crippen molar-refractivity contribution >= 4 is 49.1 Å². The average Bonchev–Trinajstić information content (AvgIpc) is 2.35.